The monoisotopic (exact) mass is 472 g/mol. The molecule has 0 heterocycles. The summed E-state index contributed by atoms with van der Waals surface area (Å²) in [6.07, 6.45) is 2.59. The molecule has 0 aliphatic heterocycles. The standard InChI is InChI=1S/C19H22BrClN2O3S/c1-27(25,26)23(18-5-2-4-16(20)14-18)13-3-6-19(24)22-12-11-15-7-9-17(21)10-8-15/h2,4-5,7-10,14H,3,6,11-13H2,1H3,(H,22,24). The minimum absolute atomic E-state index is 0.0911. The van der Waals surface area contributed by atoms with Crippen LogP contribution in [0.15, 0.2) is 53.0 Å². The highest BCUT2D eigenvalue weighted by Crippen LogP contribution is 2.22. The molecule has 0 saturated heterocycles. The second-order valence-corrected chi connectivity index (χ2v) is 9.40. The number of sulfonamides is 1. The summed E-state index contributed by atoms with van der Waals surface area (Å²) in [5.74, 6) is -0.0911. The Hall–Kier alpha value is -1.57. The lowest BCUT2D eigenvalue weighted by atomic mass is 10.1. The molecule has 27 heavy (non-hydrogen) atoms. The lowest BCUT2D eigenvalue weighted by Gasteiger charge is -2.22. The first-order valence-electron chi connectivity index (χ1n) is 8.50. The van der Waals surface area contributed by atoms with Gasteiger partial charge >= 0.3 is 0 Å². The Balaban J connectivity index is 1.80. The fraction of sp³-hybridized carbons (Fsp3) is 0.316. The maximum atomic E-state index is 12.1. The minimum atomic E-state index is -3.42. The van der Waals surface area contributed by atoms with Crippen LogP contribution in [0.3, 0.4) is 0 Å². The van der Waals surface area contributed by atoms with Gasteiger partial charge in [-0.25, -0.2) is 8.42 Å². The van der Waals surface area contributed by atoms with Gasteiger partial charge in [-0.05, 0) is 48.7 Å². The summed E-state index contributed by atoms with van der Waals surface area (Å²) < 4.78 is 26.3. The third-order valence-corrected chi connectivity index (χ3v) is 5.85. The van der Waals surface area contributed by atoms with Crippen molar-refractivity contribution >= 4 is 49.1 Å². The van der Waals surface area contributed by atoms with Crippen LogP contribution in [-0.4, -0.2) is 33.7 Å². The maximum Gasteiger partial charge on any atom is 0.232 e. The highest BCUT2D eigenvalue weighted by atomic mass is 79.9. The number of nitrogens with zero attached hydrogens (tertiary/aromatic N) is 1. The van der Waals surface area contributed by atoms with E-state index in [-0.39, 0.29) is 18.9 Å². The van der Waals surface area contributed by atoms with E-state index in [1.165, 1.54) is 10.6 Å². The Labute approximate surface area is 173 Å². The van der Waals surface area contributed by atoms with E-state index < -0.39 is 10.0 Å². The third kappa shape index (κ3) is 7.52. The minimum Gasteiger partial charge on any atom is -0.356 e. The van der Waals surface area contributed by atoms with Gasteiger partial charge in [0.2, 0.25) is 15.9 Å². The van der Waals surface area contributed by atoms with Gasteiger partial charge in [-0.15, -0.1) is 0 Å². The Morgan fingerprint density at radius 2 is 1.89 bits per heavy atom. The fourth-order valence-corrected chi connectivity index (χ4v) is 4.06. The van der Waals surface area contributed by atoms with Gasteiger partial charge in [0.05, 0.1) is 11.9 Å². The predicted molar refractivity (Wildman–Crippen MR) is 114 cm³/mol. The first-order valence-corrected chi connectivity index (χ1v) is 11.5. The third-order valence-electron chi connectivity index (χ3n) is 3.91. The second kappa shape index (κ2) is 10.1. The van der Waals surface area contributed by atoms with Gasteiger partial charge < -0.3 is 5.32 Å². The van der Waals surface area contributed by atoms with Crippen molar-refractivity contribution in [3.63, 3.8) is 0 Å². The summed E-state index contributed by atoms with van der Waals surface area (Å²) in [6.45, 7) is 0.780. The van der Waals surface area contributed by atoms with Crippen LogP contribution in [-0.2, 0) is 21.2 Å². The van der Waals surface area contributed by atoms with Crippen LogP contribution < -0.4 is 9.62 Å². The molecule has 0 aliphatic carbocycles. The molecule has 5 nitrogen and oxygen atoms in total. The zero-order chi connectivity index (χ0) is 19.9. The van der Waals surface area contributed by atoms with Gasteiger partial charge in [-0.2, -0.15) is 0 Å². The number of amides is 1. The number of carbonyl (C=O) groups excluding carboxylic acids is 1. The van der Waals surface area contributed by atoms with E-state index in [0.29, 0.717) is 23.7 Å². The smallest absolute Gasteiger partial charge is 0.232 e. The molecule has 0 radical (unpaired) electrons. The van der Waals surface area contributed by atoms with Crippen LogP contribution in [0, 0.1) is 0 Å². The van der Waals surface area contributed by atoms with Crippen molar-refractivity contribution in [1.29, 1.82) is 0 Å². The van der Waals surface area contributed by atoms with E-state index in [1.807, 2.05) is 30.3 Å². The van der Waals surface area contributed by atoms with Gasteiger partial charge in [0.15, 0.2) is 0 Å². The number of halogens is 2. The predicted octanol–water partition coefficient (Wildman–Crippen LogP) is 4.01. The highest BCUT2D eigenvalue weighted by Gasteiger charge is 2.17. The van der Waals surface area contributed by atoms with E-state index in [9.17, 15) is 13.2 Å². The zero-order valence-corrected chi connectivity index (χ0v) is 18.1. The van der Waals surface area contributed by atoms with E-state index in [4.69, 9.17) is 11.6 Å². The SMILES string of the molecule is CS(=O)(=O)N(CCCC(=O)NCCc1ccc(Cl)cc1)c1cccc(Br)c1. The molecule has 0 aromatic heterocycles. The van der Waals surface area contributed by atoms with Crippen LogP contribution in [0.4, 0.5) is 5.69 Å². The van der Waals surface area contributed by atoms with Crippen molar-refractivity contribution in [2.75, 3.05) is 23.7 Å². The molecule has 2 aromatic rings. The number of hydrogen-bond donors (Lipinski definition) is 1. The molecule has 2 rings (SSSR count). The van der Waals surface area contributed by atoms with Crippen molar-refractivity contribution in [3.05, 3.63) is 63.6 Å². The van der Waals surface area contributed by atoms with Gasteiger partial charge in [0, 0.05) is 29.0 Å². The van der Waals surface area contributed by atoms with E-state index in [1.54, 1.807) is 18.2 Å². The molecule has 146 valence electrons. The molecule has 2 aromatic carbocycles. The first kappa shape index (κ1) is 21.7. The Kier molecular flexibility index (Phi) is 8.13. The van der Waals surface area contributed by atoms with Gasteiger partial charge in [0.25, 0.3) is 0 Å². The molecule has 0 fully saturated rings. The van der Waals surface area contributed by atoms with Gasteiger partial charge in [0.1, 0.15) is 0 Å². The Bertz CT molecular complexity index is 873. The molecule has 0 atom stereocenters. The summed E-state index contributed by atoms with van der Waals surface area (Å²) in [5.41, 5.74) is 1.67. The molecular weight excluding hydrogens is 452 g/mol. The number of carbonyl (C=O) groups is 1. The number of benzene rings is 2. The van der Waals surface area contributed by atoms with Crippen molar-refractivity contribution in [2.45, 2.75) is 19.3 Å². The zero-order valence-electron chi connectivity index (χ0n) is 15.0. The summed E-state index contributed by atoms with van der Waals surface area (Å²) in [7, 11) is -3.42. The fourth-order valence-electron chi connectivity index (χ4n) is 2.59. The summed E-state index contributed by atoms with van der Waals surface area (Å²) in [4.78, 5) is 12.0. The van der Waals surface area contributed by atoms with Crippen molar-refractivity contribution in [2.24, 2.45) is 0 Å². The molecule has 0 saturated carbocycles. The molecule has 0 bridgehead atoms. The number of nitrogens with one attached hydrogen (secondary N) is 1. The summed E-state index contributed by atoms with van der Waals surface area (Å²) in [6, 6.07) is 14.6. The largest absolute Gasteiger partial charge is 0.356 e. The average molecular weight is 474 g/mol. The second-order valence-electron chi connectivity index (χ2n) is 6.14. The van der Waals surface area contributed by atoms with E-state index >= 15 is 0 Å². The first-order chi connectivity index (χ1) is 12.8. The van der Waals surface area contributed by atoms with Crippen molar-refractivity contribution in [1.82, 2.24) is 5.32 Å². The molecule has 8 heteroatoms. The lowest BCUT2D eigenvalue weighted by molar-refractivity contribution is -0.121. The molecule has 1 N–H and O–H groups in total. The van der Waals surface area contributed by atoms with Crippen molar-refractivity contribution < 1.29 is 13.2 Å². The molecule has 0 aliphatic rings. The van der Waals surface area contributed by atoms with Crippen LogP contribution >= 0.6 is 27.5 Å². The van der Waals surface area contributed by atoms with Crippen LogP contribution in [0.5, 0.6) is 0 Å². The Morgan fingerprint density at radius 1 is 1.19 bits per heavy atom. The molecule has 1 amide bonds. The highest BCUT2D eigenvalue weighted by molar-refractivity contribution is 9.10. The summed E-state index contributed by atoms with van der Waals surface area (Å²) in [5, 5.41) is 3.54. The van der Waals surface area contributed by atoms with Crippen LogP contribution in [0.1, 0.15) is 18.4 Å². The number of rotatable bonds is 9. The topological polar surface area (TPSA) is 66.5 Å². The quantitative estimate of drug-likeness (QED) is 0.598. The normalized spacial score (nSPS) is 11.2. The van der Waals surface area contributed by atoms with Crippen LogP contribution in [0.25, 0.3) is 0 Å². The number of hydrogen-bond acceptors (Lipinski definition) is 3. The van der Waals surface area contributed by atoms with Crippen LogP contribution in [0.2, 0.25) is 5.02 Å². The van der Waals surface area contributed by atoms with Crippen molar-refractivity contribution in [3.8, 4) is 0 Å². The van der Waals surface area contributed by atoms with E-state index in [0.717, 1.165) is 16.5 Å². The summed E-state index contributed by atoms with van der Waals surface area (Å²) >= 11 is 9.19. The van der Waals surface area contributed by atoms with Gasteiger partial charge in [-0.1, -0.05) is 45.7 Å². The van der Waals surface area contributed by atoms with Gasteiger partial charge in [-0.3, -0.25) is 9.10 Å². The average Bonchev–Trinajstić information content (AvgIpc) is 2.59. The maximum absolute atomic E-state index is 12.1. The lowest BCUT2D eigenvalue weighted by Crippen LogP contribution is -2.32. The molecular formula is C19H22BrClN2O3S. The van der Waals surface area contributed by atoms with E-state index in [2.05, 4.69) is 21.2 Å². The number of anilines is 1. The molecule has 0 unspecified atom stereocenters. The Morgan fingerprint density at radius 3 is 2.52 bits per heavy atom. The molecule has 0 spiro atoms.